The van der Waals surface area contributed by atoms with Gasteiger partial charge in [0.05, 0.1) is 23.1 Å². The van der Waals surface area contributed by atoms with Crippen LogP contribution < -0.4 is 5.32 Å². The fourth-order valence-corrected chi connectivity index (χ4v) is 5.85. The maximum atomic E-state index is 4.59. The normalized spacial score (nSPS) is 14.7. The van der Waals surface area contributed by atoms with Gasteiger partial charge >= 0.3 is 0 Å². The molecule has 1 aliphatic rings. The zero-order valence-corrected chi connectivity index (χ0v) is 24.4. The van der Waals surface area contributed by atoms with Gasteiger partial charge in [0.25, 0.3) is 0 Å². The molecule has 9 nitrogen and oxygen atoms in total. The van der Waals surface area contributed by atoms with Gasteiger partial charge in [-0.15, -0.1) is 5.10 Å². The molecule has 0 saturated carbocycles. The van der Waals surface area contributed by atoms with Gasteiger partial charge in [0.15, 0.2) is 0 Å². The Balaban J connectivity index is 1.12. The van der Waals surface area contributed by atoms with Crippen molar-refractivity contribution in [2.75, 3.05) is 38.5 Å². The van der Waals surface area contributed by atoms with Crippen molar-refractivity contribution in [2.45, 2.75) is 13.1 Å². The summed E-state index contributed by atoms with van der Waals surface area (Å²) < 4.78 is 5.19. The highest BCUT2D eigenvalue weighted by Gasteiger charge is 2.16. The fraction of sp³-hybridized carbons (Fsp3) is 0.226. The number of piperazine rings is 1. The van der Waals surface area contributed by atoms with Gasteiger partial charge in [-0.25, -0.2) is 14.6 Å². The van der Waals surface area contributed by atoms with Crippen LogP contribution in [0.15, 0.2) is 89.9 Å². The number of halogens is 1. The molecule has 0 unspecified atom stereocenters. The molecule has 0 radical (unpaired) electrons. The molecule has 0 amide bonds. The van der Waals surface area contributed by atoms with Crippen LogP contribution >= 0.6 is 15.9 Å². The lowest BCUT2D eigenvalue weighted by atomic mass is 10.2. The largest absolute Gasteiger partial charge is 0.343 e. The second kappa shape index (κ2) is 11.0. The lowest BCUT2D eigenvalue weighted by Gasteiger charge is -2.31. The molecule has 6 aromatic rings. The Hall–Kier alpha value is -4.12. The Morgan fingerprint density at radius 1 is 0.902 bits per heavy atom. The Labute approximate surface area is 246 Å². The molecule has 0 spiro atoms. The number of likely N-dealkylation sites (N-methyl/N-ethyl adjacent to an activating group) is 1. The molecular formula is C31H30BrN9. The van der Waals surface area contributed by atoms with Crippen molar-refractivity contribution in [1.29, 1.82) is 0 Å². The lowest BCUT2D eigenvalue weighted by molar-refractivity contribution is 0.147. The molecule has 41 heavy (non-hydrogen) atoms. The minimum absolute atomic E-state index is 0.752. The number of anilines is 2. The van der Waals surface area contributed by atoms with Crippen molar-refractivity contribution in [2.24, 2.45) is 0 Å². The summed E-state index contributed by atoms with van der Waals surface area (Å²) in [6.07, 6.45) is 5.75. The van der Waals surface area contributed by atoms with E-state index < -0.39 is 0 Å². The van der Waals surface area contributed by atoms with E-state index >= 15 is 0 Å². The summed E-state index contributed by atoms with van der Waals surface area (Å²) in [5, 5.41) is 14.5. The van der Waals surface area contributed by atoms with Crippen LogP contribution in [0.4, 0.5) is 11.5 Å². The van der Waals surface area contributed by atoms with E-state index in [0.717, 1.165) is 77.5 Å². The number of rotatable bonds is 7. The molecular weight excluding hydrogens is 578 g/mol. The van der Waals surface area contributed by atoms with E-state index in [1.165, 1.54) is 16.5 Å². The maximum Gasteiger partial charge on any atom is 0.141 e. The molecule has 4 heterocycles. The van der Waals surface area contributed by atoms with Crippen molar-refractivity contribution < 1.29 is 0 Å². The highest BCUT2D eigenvalue weighted by atomic mass is 79.9. The van der Waals surface area contributed by atoms with Gasteiger partial charge in [-0.1, -0.05) is 33.3 Å². The third-order valence-electron chi connectivity index (χ3n) is 7.68. The van der Waals surface area contributed by atoms with Crippen LogP contribution in [0, 0.1) is 0 Å². The molecule has 1 saturated heterocycles. The SMILES string of the molecule is CN1CCN(Cc2cn(-c3ccc4ncnc(Nc5ccc6c(ccn6Cc6cccc(Br)c6)c5)c4c3)nn2)CC1. The summed E-state index contributed by atoms with van der Waals surface area (Å²) in [7, 11) is 2.17. The van der Waals surface area contributed by atoms with E-state index in [1.807, 2.05) is 29.1 Å². The molecule has 10 heteroatoms. The van der Waals surface area contributed by atoms with Gasteiger partial charge in [-0.05, 0) is 67.2 Å². The summed E-state index contributed by atoms with van der Waals surface area (Å²) in [5.74, 6) is 0.752. The lowest BCUT2D eigenvalue weighted by Crippen LogP contribution is -2.43. The predicted octanol–water partition coefficient (Wildman–Crippen LogP) is 5.47. The van der Waals surface area contributed by atoms with Crippen LogP contribution in [-0.2, 0) is 13.1 Å². The summed E-state index contributed by atoms with van der Waals surface area (Å²) in [5.41, 5.74) is 6.17. The van der Waals surface area contributed by atoms with Crippen molar-refractivity contribution in [3.8, 4) is 5.69 Å². The minimum atomic E-state index is 0.752. The number of nitrogens with one attached hydrogen (secondary N) is 1. The van der Waals surface area contributed by atoms with Gasteiger partial charge in [0.1, 0.15) is 12.1 Å². The number of nitrogens with zero attached hydrogens (tertiary/aromatic N) is 8. The highest BCUT2D eigenvalue weighted by Crippen LogP contribution is 2.28. The monoisotopic (exact) mass is 607 g/mol. The van der Waals surface area contributed by atoms with Crippen LogP contribution in [0.1, 0.15) is 11.3 Å². The van der Waals surface area contributed by atoms with Crippen LogP contribution in [0.25, 0.3) is 27.5 Å². The molecule has 1 fully saturated rings. The summed E-state index contributed by atoms with van der Waals surface area (Å²) in [6, 6.07) is 23.1. The van der Waals surface area contributed by atoms with Crippen molar-refractivity contribution in [1.82, 2.24) is 39.3 Å². The average Bonchev–Trinajstić information content (AvgIpc) is 3.61. The van der Waals surface area contributed by atoms with Crippen molar-refractivity contribution in [3.63, 3.8) is 0 Å². The Morgan fingerprint density at radius 2 is 1.80 bits per heavy atom. The third-order valence-corrected chi connectivity index (χ3v) is 8.17. The molecule has 0 aliphatic carbocycles. The first-order valence-electron chi connectivity index (χ1n) is 13.7. The van der Waals surface area contributed by atoms with Gasteiger partial charge in [-0.3, -0.25) is 4.90 Å². The fourth-order valence-electron chi connectivity index (χ4n) is 5.40. The maximum absolute atomic E-state index is 4.59. The molecule has 206 valence electrons. The second-order valence-electron chi connectivity index (χ2n) is 10.6. The van der Waals surface area contributed by atoms with Crippen molar-refractivity contribution >= 4 is 49.2 Å². The van der Waals surface area contributed by atoms with Crippen LogP contribution in [-0.4, -0.2) is 72.6 Å². The molecule has 7 rings (SSSR count). The quantitative estimate of drug-likeness (QED) is 0.258. The van der Waals surface area contributed by atoms with E-state index in [9.17, 15) is 0 Å². The zero-order valence-electron chi connectivity index (χ0n) is 22.8. The summed E-state index contributed by atoms with van der Waals surface area (Å²) in [4.78, 5) is 13.9. The van der Waals surface area contributed by atoms with Gasteiger partial charge in [0.2, 0.25) is 0 Å². The Kier molecular flexibility index (Phi) is 6.95. The van der Waals surface area contributed by atoms with Gasteiger partial charge in [0, 0.05) is 71.9 Å². The molecule has 1 N–H and O–H groups in total. The van der Waals surface area contributed by atoms with Crippen LogP contribution in [0.3, 0.4) is 0 Å². The first-order valence-corrected chi connectivity index (χ1v) is 14.5. The number of aromatic nitrogens is 6. The third kappa shape index (κ3) is 5.58. The van der Waals surface area contributed by atoms with Crippen LogP contribution in [0.2, 0.25) is 0 Å². The molecule has 1 aliphatic heterocycles. The molecule has 0 atom stereocenters. The first-order chi connectivity index (χ1) is 20.1. The van der Waals surface area contributed by atoms with E-state index in [0.29, 0.717) is 0 Å². The molecule has 0 bridgehead atoms. The van der Waals surface area contributed by atoms with Gasteiger partial charge in [-0.2, -0.15) is 0 Å². The topological polar surface area (TPSA) is 79.9 Å². The summed E-state index contributed by atoms with van der Waals surface area (Å²) >= 11 is 3.57. The van der Waals surface area contributed by atoms with E-state index in [4.69, 9.17) is 0 Å². The first kappa shape index (κ1) is 25.8. The second-order valence-corrected chi connectivity index (χ2v) is 11.5. The number of hydrogen-bond acceptors (Lipinski definition) is 7. The number of benzene rings is 3. The Bertz CT molecular complexity index is 1830. The number of fused-ring (bicyclic) bond motifs is 2. The van der Waals surface area contributed by atoms with Crippen molar-refractivity contribution in [3.05, 3.63) is 101 Å². The minimum Gasteiger partial charge on any atom is -0.343 e. The smallest absolute Gasteiger partial charge is 0.141 e. The average molecular weight is 609 g/mol. The molecule has 3 aromatic heterocycles. The number of hydrogen-bond donors (Lipinski definition) is 1. The molecule has 3 aromatic carbocycles. The van der Waals surface area contributed by atoms with Crippen LogP contribution in [0.5, 0.6) is 0 Å². The predicted molar refractivity (Wildman–Crippen MR) is 166 cm³/mol. The van der Waals surface area contributed by atoms with E-state index in [2.05, 4.69) is 118 Å². The standard InChI is InChI=1S/C31H30BrN9/c1-38-11-13-39(14-12-38)19-26-20-41(37-36-26)27-6-7-29-28(17-27)31(34-21-33-29)35-25-5-8-30-23(16-25)9-10-40(30)18-22-3-2-4-24(32)15-22/h2-10,15-17,20-21H,11-14,18-19H2,1H3,(H,33,34,35). The zero-order chi connectivity index (χ0) is 27.8. The van der Waals surface area contributed by atoms with Gasteiger partial charge < -0.3 is 14.8 Å². The summed E-state index contributed by atoms with van der Waals surface area (Å²) in [6.45, 7) is 5.89. The highest BCUT2D eigenvalue weighted by molar-refractivity contribution is 9.10. The van der Waals surface area contributed by atoms with E-state index in [1.54, 1.807) is 6.33 Å². The Morgan fingerprint density at radius 3 is 2.68 bits per heavy atom. The van der Waals surface area contributed by atoms with E-state index in [-0.39, 0.29) is 0 Å².